The Kier molecular flexibility index (Phi) is 4.81. The van der Waals surface area contributed by atoms with Crippen molar-refractivity contribution in [3.63, 3.8) is 0 Å². The summed E-state index contributed by atoms with van der Waals surface area (Å²) in [5.41, 5.74) is 2.43. The number of rotatable bonds is 4. The fourth-order valence-corrected chi connectivity index (χ4v) is 3.41. The second-order valence-electron chi connectivity index (χ2n) is 6.53. The normalized spacial score (nSPS) is 18.8. The highest BCUT2D eigenvalue weighted by molar-refractivity contribution is 5.93. The van der Waals surface area contributed by atoms with Gasteiger partial charge in [0.15, 0.2) is 5.79 Å². The highest BCUT2D eigenvalue weighted by Gasteiger charge is 2.39. The molecular formula is C19H22N4O3. The molecule has 0 aliphatic carbocycles. The van der Waals surface area contributed by atoms with Gasteiger partial charge in [-0.3, -0.25) is 14.8 Å². The largest absolute Gasteiger partial charge is 0.371 e. The van der Waals surface area contributed by atoms with Gasteiger partial charge in [0.1, 0.15) is 5.69 Å². The van der Waals surface area contributed by atoms with Gasteiger partial charge in [-0.2, -0.15) is 0 Å². The molecule has 4 heterocycles. The first kappa shape index (κ1) is 16.9. The third-order valence-corrected chi connectivity index (χ3v) is 4.88. The number of nitrogens with zero attached hydrogens (tertiary/aromatic N) is 3. The van der Waals surface area contributed by atoms with Crippen molar-refractivity contribution >= 4 is 11.6 Å². The summed E-state index contributed by atoms with van der Waals surface area (Å²) in [6.45, 7) is 3.48. The van der Waals surface area contributed by atoms with Crippen molar-refractivity contribution in [1.29, 1.82) is 0 Å². The van der Waals surface area contributed by atoms with Crippen molar-refractivity contribution in [3.8, 4) is 0 Å². The van der Waals surface area contributed by atoms with Gasteiger partial charge in [0.25, 0.3) is 5.91 Å². The van der Waals surface area contributed by atoms with Gasteiger partial charge in [0, 0.05) is 56.8 Å². The summed E-state index contributed by atoms with van der Waals surface area (Å²) in [7, 11) is 0. The van der Waals surface area contributed by atoms with Crippen LogP contribution in [0.5, 0.6) is 0 Å². The van der Waals surface area contributed by atoms with E-state index in [1.807, 2.05) is 24.3 Å². The number of nitrogens with one attached hydrogen (secondary N) is 1. The summed E-state index contributed by atoms with van der Waals surface area (Å²) in [6.07, 6.45) is 6.77. The van der Waals surface area contributed by atoms with Crippen molar-refractivity contribution in [3.05, 3.63) is 54.1 Å². The number of aromatic nitrogens is 2. The number of piperidine rings is 1. The Labute approximate surface area is 152 Å². The zero-order chi connectivity index (χ0) is 17.8. The minimum Gasteiger partial charge on any atom is -0.371 e. The molecule has 0 unspecified atom stereocenters. The molecule has 0 saturated carbocycles. The van der Waals surface area contributed by atoms with Gasteiger partial charge in [-0.1, -0.05) is 0 Å². The first-order valence-corrected chi connectivity index (χ1v) is 8.90. The Balaban J connectivity index is 1.38. The van der Waals surface area contributed by atoms with Crippen molar-refractivity contribution in [2.75, 3.05) is 31.2 Å². The Bertz CT molecular complexity index is 752. The number of anilines is 1. The van der Waals surface area contributed by atoms with Gasteiger partial charge in [-0.15, -0.1) is 0 Å². The molecule has 0 bridgehead atoms. The van der Waals surface area contributed by atoms with Crippen LogP contribution >= 0.6 is 0 Å². The van der Waals surface area contributed by atoms with Gasteiger partial charge in [0.05, 0.1) is 13.2 Å². The van der Waals surface area contributed by atoms with E-state index in [-0.39, 0.29) is 5.91 Å². The quantitative estimate of drug-likeness (QED) is 0.901. The molecule has 7 nitrogen and oxygen atoms in total. The SMILES string of the molecule is O=C(NCc1ccncc1)c1cc(N2CCC3(CC2)OCCO3)ccn1. The van der Waals surface area contributed by atoms with E-state index in [0.717, 1.165) is 37.2 Å². The van der Waals surface area contributed by atoms with Gasteiger partial charge < -0.3 is 19.7 Å². The lowest BCUT2D eigenvalue weighted by atomic mass is 10.0. The minimum absolute atomic E-state index is 0.181. The number of carbonyl (C=O) groups is 1. The molecule has 2 aliphatic rings. The summed E-state index contributed by atoms with van der Waals surface area (Å²) in [5.74, 6) is -0.575. The van der Waals surface area contributed by atoms with E-state index < -0.39 is 5.79 Å². The highest BCUT2D eigenvalue weighted by Crippen LogP contribution is 2.33. The number of hydrogen-bond donors (Lipinski definition) is 1. The molecule has 2 aromatic rings. The molecule has 26 heavy (non-hydrogen) atoms. The molecule has 7 heteroatoms. The maximum atomic E-state index is 12.4. The van der Waals surface area contributed by atoms with Crippen LogP contribution in [0.3, 0.4) is 0 Å². The fraction of sp³-hybridized carbons (Fsp3) is 0.421. The smallest absolute Gasteiger partial charge is 0.270 e. The average Bonchev–Trinajstić information content (AvgIpc) is 3.15. The molecular weight excluding hydrogens is 332 g/mol. The van der Waals surface area contributed by atoms with Crippen LogP contribution in [-0.4, -0.2) is 48.0 Å². The summed E-state index contributed by atoms with van der Waals surface area (Å²) >= 11 is 0. The Morgan fingerprint density at radius 1 is 1.12 bits per heavy atom. The van der Waals surface area contributed by atoms with Crippen LogP contribution < -0.4 is 10.2 Å². The molecule has 1 spiro atoms. The zero-order valence-electron chi connectivity index (χ0n) is 14.6. The van der Waals surface area contributed by atoms with Crippen molar-refractivity contribution < 1.29 is 14.3 Å². The van der Waals surface area contributed by atoms with Crippen LogP contribution in [0.2, 0.25) is 0 Å². The lowest BCUT2D eigenvalue weighted by Crippen LogP contribution is -2.45. The molecule has 1 N–H and O–H groups in total. The van der Waals surface area contributed by atoms with Crippen LogP contribution in [0.4, 0.5) is 5.69 Å². The van der Waals surface area contributed by atoms with Crippen LogP contribution in [0, 0.1) is 0 Å². The molecule has 0 atom stereocenters. The number of carbonyl (C=O) groups excluding carboxylic acids is 1. The summed E-state index contributed by atoms with van der Waals surface area (Å²) in [6, 6.07) is 7.53. The Morgan fingerprint density at radius 2 is 1.85 bits per heavy atom. The first-order chi connectivity index (χ1) is 12.7. The van der Waals surface area contributed by atoms with E-state index in [0.29, 0.717) is 25.5 Å². The molecule has 136 valence electrons. The first-order valence-electron chi connectivity index (χ1n) is 8.90. The van der Waals surface area contributed by atoms with E-state index in [1.165, 1.54) is 0 Å². The summed E-state index contributed by atoms with van der Waals surface area (Å²) in [5, 5.41) is 2.90. The average molecular weight is 354 g/mol. The molecule has 2 fully saturated rings. The third kappa shape index (κ3) is 3.68. The lowest BCUT2D eigenvalue weighted by Gasteiger charge is -2.38. The molecule has 1 amide bonds. The summed E-state index contributed by atoms with van der Waals surface area (Å²) in [4.78, 5) is 22.8. The van der Waals surface area contributed by atoms with E-state index in [4.69, 9.17) is 9.47 Å². The number of hydrogen-bond acceptors (Lipinski definition) is 6. The monoisotopic (exact) mass is 354 g/mol. The lowest BCUT2D eigenvalue weighted by molar-refractivity contribution is -0.169. The highest BCUT2D eigenvalue weighted by atomic mass is 16.7. The van der Waals surface area contributed by atoms with Gasteiger partial charge in [-0.05, 0) is 29.8 Å². The Morgan fingerprint density at radius 3 is 2.58 bits per heavy atom. The topological polar surface area (TPSA) is 76.6 Å². The van der Waals surface area contributed by atoms with Crippen LogP contribution in [0.15, 0.2) is 42.9 Å². The maximum Gasteiger partial charge on any atom is 0.270 e. The molecule has 2 saturated heterocycles. The second kappa shape index (κ2) is 7.39. The zero-order valence-corrected chi connectivity index (χ0v) is 14.6. The number of amides is 1. The van der Waals surface area contributed by atoms with Gasteiger partial charge >= 0.3 is 0 Å². The van der Waals surface area contributed by atoms with Crippen LogP contribution in [0.25, 0.3) is 0 Å². The van der Waals surface area contributed by atoms with Crippen LogP contribution in [-0.2, 0) is 16.0 Å². The summed E-state index contributed by atoms with van der Waals surface area (Å²) < 4.78 is 11.5. The van der Waals surface area contributed by atoms with E-state index in [2.05, 4.69) is 20.2 Å². The maximum absolute atomic E-state index is 12.4. The number of ether oxygens (including phenoxy) is 2. The van der Waals surface area contributed by atoms with Gasteiger partial charge in [0.2, 0.25) is 0 Å². The Hall–Kier alpha value is -2.51. The van der Waals surface area contributed by atoms with Crippen molar-refractivity contribution in [1.82, 2.24) is 15.3 Å². The number of pyridine rings is 2. The predicted molar refractivity (Wildman–Crippen MR) is 95.7 cm³/mol. The predicted octanol–water partition coefficient (Wildman–Crippen LogP) is 1.75. The fourth-order valence-electron chi connectivity index (χ4n) is 3.41. The second-order valence-corrected chi connectivity index (χ2v) is 6.53. The molecule has 2 aliphatic heterocycles. The van der Waals surface area contributed by atoms with Crippen molar-refractivity contribution in [2.24, 2.45) is 0 Å². The molecule has 0 radical (unpaired) electrons. The van der Waals surface area contributed by atoms with Crippen LogP contribution in [0.1, 0.15) is 28.9 Å². The molecule has 0 aromatic carbocycles. The van der Waals surface area contributed by atoms with E-state index >= 15 is 0 Å². The van der Waals surface area contributed by atoms with Crippen molar-refractivity contribution in [2.45, 2.75) is 25.2 Å². The standard InChI is InChI=1S/C19H22N4O3/c24-18(22-14-15-1-6-20-7-2-15)17-13-16(3-8-21-17)23-9-4-19(5-10-23)25-11-12-26-19/h1-3,6-8,13H,4-5,9-12,14H2,(H,22,24). The van der Waals surface area contributed by atoms with E-state index in [9.17, 15) is 4.79 Å². The molecule has 4 rings (SSSR count). The minimum atomic E-state index is -0.395. The third-order valence-electron chi connectivity index (χ3n) is 4.88. The van der Waals surface area contributed by atoms with E-state index in [1.54, 1.807) is 18.6 Å². The van der Waals surface area contributed by atoms with Gasteiger partial charge in [-0.25, -0.2) is 0 Å². The molecule has 2 aromatic heterocycles.